The Kier molecular flexibility index (Phi) is 4.86. The van der Waals surface area contributed by atoms with Crippen molar-refractivity contribution >= 4 is 23.0 Å². The fourth-order valence-corrected chi connectivity index (χ4v) is 1.90. The van der Waals surface area contributed by atoms with E-state index >= 15 is 0 Å². The van der Waals surface area contributed by atoms with Gasteiger partial charge in [-0.15, -0.1) is 0 Å². The standard InChI is InChI=1S/C15H17N3S/c1-16-15(19)18-14-8-6-12(7-9-14)4-5-13-3-2-10-17-11-13/h2-3,6-11H,4-5H2,1H3,(H2,16,18,19). The summed E-state index contributed by atoms with van der Waals surface area (Å²) in [5, 5.41) is 6.62. The second kappa shape index (κ2) is 6.85. The smallest absolute Gasteiger partial charge is 0.170 e. The zero-order valence-corrected chi connectivity index (χ0v) is 11.7. The van der Waals surface area contributed by atoms with Crippen LogP contribution in [0.15, 0.2) is 48.8 Å². The molecule has 4 heteroatoms. The van der Waals surface area contributed by atoms with Gasteiger partial charge in [-0.3, -0.25) is 4.98 Å². The highest BCUT2D eigenvalue weighted by molar-refractivity contribution is 7.80. The summed E-state index contributed by atoms with van der Waals surface area (Å²) in [7, 11) is 1.80. The molecule has 2 aromatic rings. The molecule has 0 aliphatic heterocycles. The molecule has 0 aliphatic carbocycles. The molecule has 3 nitrogen and oxygen atoms in total. The number of benzene rings is 1. The van der Waals surface area contributed by atoms with Crippen molar-refractivity contribution in [1.82, 2.24) is 10.3 Å². The highest BCUT2D eigenvalue weighted by Gasteiger charge is 1.98. The maximum absolute atomic E-state index is 5.06. The zero-order valence-electron chi connectivity index (χ0n) is 10.9. The van der Waals surface area contributed by atoms with Crippen LogP contribution in [0.4, 0.5) is 5.69 Å². The number of aromatic nitrogens is 1. The lowest BCUT2D eigenvalue weighted by molar-refractivity contribution is 0.950. The number of nitrogens with one attached hydrogen (secondary N) is 2. The van der Waals surface area contributed by atoms with Crippen LogP contribution in [-0.4, -0.2) is 17.1 Å². The molecule has 2 N–H and O–H groups in total. The number of rotatable bonds is 4. The molecule has 1 aromatic heterocycles. The first-order valence-corrected chi connectivity index (χ1v) is 6.65. The van der Waals surface area contributed by atoms with Gasteiger partial charge in [-0.2, -0.15) is 0 Å². The van der Waals surface area contributed by atoms with Crippen LogP contribution < -0.4 is 10.6 Å². The third-order valence-electron chi connectivity index (χ3n) is 2.86. The van der Waals surface area contributed by atoms with Crippen molar-refractivity contribution in [3.05, 3.63) is 59.9 Å². The second-order valence-electron chi connectivity index (χ2n) is 4.26. The molecule has 0 aliphatic rings. The van der Waals surface area contributed by atoms with Gasteiger partial charge >= 0.3 is 0 Å². The van der Waals surface area contributed by atoms with Gasteiger partial charge in [0.15, 0.2) is 5.11 Å². The molecular weight excluding hydrogens is 254 g/mol. The van der Waals surface area contributed by atoms with Crippen LogP contribution >= 0.6 is 12.2 Å². The Labute approximate surface area is 119 Å². The first-order valence-electron chi connectivity index (χ1n) is 6.24. The molecule has 1 aromatic carbocycles. The van der Waals surface area contributed by atoms with E-state index in [9.17, 15) is 0 Å². The molecule has 98 valence electrons. The maximum atomic E-state index is 5.06. The number of pyridine rings is 1. The maximum Gasteiger partial charge on any atom is 0.170 e. The lowest BCUT2D eigenvalue weighted by atomic mass is 10.1. The van der Waals surface area contributed by atoms with E-state index < -0.39 is 0 Å². The Morgan fingerprint density at radius 2 is 1.84 bits per heavy atom. The fourth-order valence-electron chi connectivity index (χ4n) is 1.78. The Morgan fingerprint density at radius 3 is 2.47 bits per heavy atom. The van der Waals surface area contributed by atoms with Crippen molar-refractivity contribution < 1.29 is 0 Å². The van der Waals surface area contributed by atoms with Crippen molar-refractivity contribution in [2.24, 2.45) is 0 Å². The third-order valence-corrected chi connectivity index (χ3v) is 3.17. The number of nitrogens with zero attached hydrogens (tertiary/aromatic N) is 1. The molecule has 0 saturated carbocycles. The van der Waals surface area contributed by atoms with Crippen molar-refractivity contribution in [1.29, 1.82) is 0 Å². The first kappa shape index (κ1) is 13.5. The molecule has 0 spiro atoms. The fraction of sp³-hybridized carbons (Fsp3) is 0.200. The van der Waals surface area contributed by atoms with Gasteiger partial charge in [-0.05, 0) is 54.4 Å². The van der Waals surface area contributed by atoms with Crippen LogP contribution in [0.5, 0.6) is 0 Å². The predicted molar refractivity (Wildman–Crippen MR) is 83.4 cm³/mol. The number of hydrogen-bond donors (Lipinski definition) is 2. The summed E-state index contributed by atoms with van der Waals surface area (Å²) in [4.78, 5) is 4.12. The Balaban J connectivity index is 1.90. The lowest BCUT2D eigenvalue weighted by Gasteiger charge is -2.08. The van der Waals surface area contributed by atoms with Gasteiger partial charge in [0.05, 0.1) is 0 Å². The highest BCUT2D eigenvalue weighted by Crippen LogP contribution is 2.11. The summed E-state index contributed by atoms with van der Waals surface area (Å²) in [5.41, 5.74) is 3.58. The van der Waals surface area contributed by atoms with Crippen molar-refractivity contribution in [3.8, 4) is 0 Å². The average molecular weight is 271 g/mol. The zero-order chi connectivity index (χ0) is 13.5. The van der Waals surface area contributed by atoms with E-state index in [1.807, 2.05) is 24.4 Å². The van der Waals surface area contributed by atoms with E-state index in [1.54, 1.807) is 13.2 Å². The van der Waals surface area contributed by atoms with E-state index in [0.29, 0.717) is 5.11 Å². The Morgan fingerprint density at radius 1 is 1.11 bits per heavy atom. The quantitative estimate of drug-likeness (QED) is 0.839. The van der Waals surface area contributed by atoms with Crippen molar-refractivity contribution in [2.75, 3.05) is 12.4 Å². The summed E-state index contributed by atoms with van der Waals surface area (Å²) in [5.74, 6) is 0. The van der Waals surface area contributed by atoms with Gasteiger partial charge in [0.25, 0.3) is 0 Å². The first-order chi connectivity index (χ1) is 9.28. The number of anilines is 1. The molecule has 0 atom stereocenters. The molecule has 1 heterocycles. The Hall–Kier alpha value is -1.94. The SMILES string of the molecule is CNC(=S)Nc1ccc(CCc2cccnc2)cc1. The van der Waals surface area contributed by atoms with E-state index in [2.05, 4.69) is 33.8 Å². The van der Waals surface area contributed by atoms with Crippen molar-refractivity contribution in [3.63, 3.8) is 0 Å². The average Bonchev–Trinajstić information content (AvgIpc) is 2.47. The van der Waals surface area contributed by atoms with Gasteiger partial charge in [0.2, 0.25) is 0 Å². The van der Waals surface area contributed by atoms with E-state index in [-0.39, 0.29) is 0 Å². The summed E-state index contributed by atoms with van der Waals surface area (Å²) >= 11 is 5.06. The molecule has 0 saturated heterocycles. The van der Waals surface area contributed by atoms with Gasteiger partial charge in [-0.25, -0.2) is 0 Å². The molecule has 0 bridgehead atoms. The van der Waals surface area contributed by atoms with E-state index in [1.165, 1.54) is 11.1 Å². The van der Waals surface area contributed by atoms with Gasteiger partial charge in [-0.1, -0.05) is 18.2 Å². The number of aryl methyl sites for hydroxylation is 2. The minimum atomic E-state index is 0.628. The summed E-state index contributed by atoms with van der Waals surface area (Å²) in [6.07, 6.45) is 5.74. The van der Waals surface area contributed by atoms with E-state index in [0.717, 1.165) is 18.5 Å². The van der Waals surface area contributed by atoms with Crippen LogP contribution in [-0.2, 0) is 12.8 Å². The Bertz CT molecular complexity index is 523. The topological polar surface area (TPSA) is 37.0 Å². The van der Waals surface area contributed by atoms with Crippen LogP contribution in [0.1, 0.15) is 11.1 Å². The van der Waals surface area contributed by atoms with Gasteiger partial charge in [0, 0.05) is 25.1 Å². The van der Waals surface area contributed by atoms with Crippen LogP contribution in [0.25, 0.3) is 0 Å². The number of thiocarbonyl (C=S) groups is 1. The van der Waals surface area contributed by atoms with Gasteiger partial charge in [0.1, 0.15) is 0 Å². The summed E-state index contributed by atoms with van der Waals surface area (Å²) < 4.78 is 0. The van der Waals surface area contributed by atoms with Gasteiger partial charge < -0.3 is 10.6 Å². The monoisotopic (exact) mass is 271 g/mol. The predicted octanol–water partition coefficient (Wildman–Crippen LogP) is 2.78. The van der Waals surface area contributed by atoms with E-state index in [4.69, 9.17) is 12.2 Å². The second-order valence-corrected chi connectivity index (χ2v) is 4.67. The molecule has 0 unspecified atom stereocenters. The van der Waals surface area contributed by atoms with Crippen LogP contribution in [0.3, 0.4) is 0 Å². The lowest BCUT2D eigenvalue weighted by Crippen LogP contribution is -2.23. The molecule has 0 radical (unpaired) electrons. The molecule has 0 fully saturated rings. The summed E-state index contributed by atoms with van der Waals surface area (Å²) in [6, 6.07) is 12.4. The molecule has 2 rings (SSSR count). The van der Waals surface area contributed by atoms with Crippen LogP contribution in [0, 0.1) is 0 Å². The normalized spacial score (nSPS) is 9.95. The largest absolute Gasteiger partial charge is 0.366 e. The molecular formula is C15H17N3S. The van der Waals surface area contributed by atoms with Crippen molar-refractivity contribution in [2.45, 2.75) is 12.8 Å². The van der Waals surface area contributed by atoms with Crippen LogP contribution in [0.2, 0.25) is 0 Å². The minimum absolute atomic E-state index is 0.628. The third kappa shape index (κ3) is 4.34. The summed E-state index contributed by atoms with van der Waals surface area (Å²) in [6.45, 7) is 0. The minimum Gasteiger partial charge on any atom is -0.366 e. The number of hydrogen-bond acceptors (Lipinski definition) is 2. The molecule has 19 heavy (non-hydrogen) atoms. The molecule has 0 amide bonds. The highest BCUT2D eigenvalue weighted by atomic mass is 32.1.